The fourth-order valence-electron chi connectivity index (χ4n) is 1.67. The lowest BCUT2D eigenvalue weighted by atomic mass is 9.78. The van der Waals surface area contributed by atoms with E-state index in [9.17, 15) is 8.42 Å². The van der Waals surface area contributed by atoms with Crippen LogP contribution in [0.15, 0.2) is 0 Å². The molecule has 0 radical (unpaired) electrons. The molecule has 0 aromatic heterocycles. The normalized spacial score (nSPS) is 19.8. The number of hydrogen-bond acceptors (Lipinski definition) is 4. The number of rotatable bonds is 7. The van der Waals surface area contributed by atoms with E-state index < -0.39 is 15.6 Å². The summed E-state index contributed by atoms with van der Waals surface area (Å²) in [5.74, 6) is -0.0487. The highest BCUT2D eigenvalue weighted by Crippen LogP contribution is 2.31. The van der Waals surface area contributed by atoms with E-state index in [4.69, 9.17) is 9.84 Å². The molecule has 0 amide bonds. The molecule has 16 heavy (non-hydrogen) atoms. The predicted molar refractivity (Wildman–Crippen MR) is 61.7 cm³/mol. The summed E-state index contributed by atoms with van der Waals surface area (Å²) < 4.78 is 31.1. The van der Waals surface area contributed by atoms with Crippen molar-refractivity contribution in [3.63, 3.8) is 0 Å². The Balaban J connectivity index is 2.39. The lowest BCUT2D eigenvalue weighted by Crippen LogP contribution is -2.56. The van der Waals surface area contributed by atoms with Crippen LogP contribution >= 0.6 is 0 Å². The molecule has 1 saturated carbocycles. The number of sulfonamides is 1. The molecule has 0 spiro atoms. The first kappa shape index (κ1) is 13.9. The molecule has 0 aliphatic heterocycles. The molecule has 1 aliphatic rings. The van der Waals surface area contributed by atoms with Gasteiger partial charge in [0, 0.05) is 0 Å². The number of ether oxygens (including phenoxy) is 1. The van der Waals surface area contributed by atoms with Gasteiger partial charge >= 0.3 is 0 Å². The lowest BCUT2D eigenvalue weighted by molar-refractivity contribution is 0.0895. The minimum absolute atomic E-state index is 0.0331. The molecule has 0 unspecified atom stereocenters. The average Bonchev–Trinajstić information content (AvgIpc) is 2.10. The van der Waals surface area contributed by atoms with Gasteiger partial charge in [-0.25, -0.2) is 13.1 Å². The first-order valence-corrected chi connectivity index (χ1v) is 7.28. The van der Waals surface area contributed by atoms with Gasteiger partial charge in [-0.1, -0.05) is 0 Å². The van der Waals surface area contributed by atoms with E-state index in [1.54, 1.807) is 0 Å². The second-order valence-electron chi connectivity index (χ2n) is 4.63. The molecule has 0 atom stereocenters. The van der Waals surface area contributed by atoms with Crippen LogP contribution in [0.3, 0.4) is 0 Å². The van der Waals surface area contributed by atoms with Gasteiger partial charge in [0.2, 0.25) is 10.0 Å². The Bertz CT molecular complexity index is 303. The van der Waals surface area contributed by atoms with Crippen LogP contribution in [0, 0.1) is 0 Å². The van der Waals surface area contributed by atoms with Gasteiger partial charge in [-0.2, -0.15) is 0 Å². The van der Waals surface area contributed by atoms with Crippen molar-refractivity contribution in [1.29, 1.82) is 0 Å². The van der Waals surface area contributed by atoms with Crippen LogP contribution in [0.2, 0.25) is 0 Å². The molecule has 5 nitrogen and oxygen atoms in total. The number of nitrogens with one attached hydrogen (secondary N) is 1. The molecule has 0 heterocycles. The quantitative estimate of drug-likeness (QED) is 0.680. The minimum atomic E-state index is -3.34. The van der Waals surface area contributed by atoms with Crippen LogP contribution in [0.4, 0.5) is 0 Å². The van der Waals surface area contributed by atoms with Crippen molar-refractivity contribution in [3.05, 3.63) is 0 Å². The van der Waals surface area contributed by atoms with Gasteiger partial charge in [0.15, 0.2) is 0 Å². The number of hydrogen-bond donors (Lipinski definition) is 2. The molecule has 1 aliphatic carbocycles. The van der Waals surface area contributed by atoms with Gasteiger partial charge < -0.3 is 9.84 Å². The molecule has 0 aromatic carbocycles. The van der Waals surface area contributed by atoms with Gasteiger partial charge in [0.1, 0.15) is 0 Å². The van der Waals surface area contributed by atoms with Crippen molar-refractivity contribution < 1.29 is 18.3 Å². The van der Waals surface area contributed by atoms with Crippen LogP contribution in [0.25, 0.3) is 0 Å². The van der Waals surface area contributed by atoms with Crippen molar-refractivity contribution >= 4 is 10.0 Å². The van der Waals surface area contributed by atoms with Crippen LogP contribution in [-0.4, -0.2) is 44.1 Å². The van der Waals surface area contributed by atoms with Crippen molar-refractivity contribution in [2.75, 3.05) is 19.0 Å². The lowest BCUT2D eigenvalue weighted by Gasteiger charge is -2.40. The van der Waals surface area contributed by atoms with E-state index in [1.165, 1.54) is 0 Å². The van der Waals surface area contributed by atoms with Crippen LogP contribution < -0.4 is 4.72 Å². The molecule has 96 valence electrons. The molecule has 1 fully saturated rings. The van der Waals surface area contributed by atoms with Gasteiger partial charge in [0.05, 0.1) is 30.6 Å². The maximum atomic E-state index is 11.7. The van der Waals surface area contributed by atoms with Gasteiger partial charge in [-0.15, -0.1) is 0 Å². The Morgan fingerprint density at radius 1 is 1.44 bits per heavy atom. The highest BCUT2D eigenvalue weighted by atomic mass is 32.2. The third-order valence-corrected chi connectivity index (χ3v) is 4.24. The van der Waals surface area contributed by atoms with E-state index in [-0.39, 0.29) is 25.1 Å². The number of aliphatic hydroxyl groups is 1. The van der Waals surface area contributed by atoms with Crippen molar-refractivity contribution in [1.82, 2.24) is 4.72 Å². The second-order valence-corrected chi connectivity index (χ2v) is 6.47. The Hall–Kier alpha value is -0.170. The summed E-state index contributed by atoms with van der Waals surface area (Å²) in [7, 11) is -3.34. The first-order valence-electron chi connectivity index (χ1n) is 5.63. The van der Waals surface area contributed by atoms with Crippen LogP contribution in [0.5, 0.6) is 0 Å². The first-order chi connectivity index (χ1) is 7.39. The SMILES string of the molecule is CC(C)OCCS(=O)(=O)NC1(CO)CCC1. The Morgan fingerprint density at radius 3 is 2.44 bits per heavy atom. The highest BCUT2D eigenvalue weighted by Gasteiger charge is 2.39. The molecule has 0 aromatic rings. The van der Waals surface area contributed by atoms with Crippen molar-refractivity contribution in [3.8, 4) is 0 Å². The molecule has 0 bridgehead atoms. The number of aliphatic hydroxyl groups excluding tert-OH is 1. The Morgan fingerprint density at radius 2 is 2.06 bits per heavy atom. The molecule has 2 N–H and O–H groups in total. The topological polar surface area (TPSA) is 75.6 Å². The molecular weight excluding hydrogens is 230 g/mol. The highest BCUT2D eigenvalue weighted by molar-refractivity contribution is 7.89. The molecule has 6 heteroatoms. The van der Waals surface area contributed by atoms with E-state index in [1.807, 2.05) is 13.8 Å². The maximum absolute atomic E-state index is 11.7. The summed E-state index contributed by atoms with van der Waals surface area (Å²) in [6, 6.07) is 0. The van der Waals surface area contributed by atoms with E-state index in [2.05, 4.69) is 4.72 Å². The summed E-state index contributed by atoms with van der Waals surface area (Å²) in [5, 5.41) is 9.16. The smallest absolute Gasteiger partial charge is 0.214 e. The summed E-state index contributed by atoms with van der Waals surface area (Å²) in [4.78, 5) is 0. The fourth-order valence-corrected chi connectivity index (χ4v) is 3.02. The van der Waals surface area contributed by atoms with Gasteiger partial charge in [0.25, 0.3) is 0 Å². The van der Waals surface area contributed by atoms with Gasteiger partial charge in [-0.05, 0) is 33.1 Å². The zero-order valence-corrected chi connectivity index (χ0v) is 10.7. The Labute approximate surface area is 97.2 Å². The van der Waals surface area contributed by atoms with E-state index in [0.29, 0.717) is 12.8 Å². The summed E-state index contributed by atoms with van der Waals surface area (Å²) in [5.41, 5.74) is -0.601. The molecular formula is C10H21NO4S. The fraction of sp³-hybridized carbons (Fsp3) is 1.00. The zero-order valence-electron chi connectivity index (χ0n) is 9.90. The summed E-state index contributed by atoms with van der Waals surface area (Å²) in [6.07, 6.45) is 2.43. The minimum Gasteiger partial charge on any atom is -0.394 e. The van der Waals surface area contributed by atoms with E-state index in [0.717, 1.165) is 6.42 Å². The van der Waals surface area contributed by atoms with Crippen molar-refractivity contribution in [2.24, 2.45) is 0 Å². The van der Waals surface area contributed by atoms with Crippen LogP contribution in [0.1, 0.15) is 33.1 Å². The maximum Gasteiger partial charge on any atom is 0.214 e. The third-order valence-electron chi connectivity index (χ3n) is 2.79. The predicted octanol–water partition coefficient (Wildman–Crippen LogP) is 0.246. The summed E-state index contributed by atoms with van der Waals surface area (Å²) in [6.45, 7) is 3.79. The second kappa shape index (κ2) is 5.44. The Kier molecular flexibility index (Phi) is 4.73. The van der Waals surface area contributed by atoms with Crippen molar-refractivity contribution in [2.45, 2.75) is 44.8 Å². The largest absolute Gasteiger partial charge is 0.394 e. The third kappa shape index (κ3) is 4.01. The monoisotopic (exact) mass is 251 g/mol. The molecule has 1 rings (SSSR count). The van der Waals surface area contributed by atoms with Gasteiger partial charge in [-0.3, -0.25) is 0 Å². The zero-order chi connectivity index (χ0) is 12.2. The van der Waals surface area contributed by atoms with Crippen LogP contribution in [-0.2, 0) is 14.8 Å². The molecule has 0 saturated heterocycles. The standard InChI is InChI=1S/C10H21NO4S/c1-9(2)15-6-7-16(13,14)11-10(8-12)4-3-5-10/h9,11-12H,3-8H2,1-2H3. The van der Waals surface area contributed by atoms with E-state index >= 15 is 0 Å². The summed E-state index contributed by atoms with van der Waals surface area (Å²) >= 11 is 0. The average molecular weight is 251 g/mol.